The van der Waals surface area contributed by atoms with E-state index in [4.69, 9.17) is 5.26 Å². The molecule has 0 radical (unpaired) electrons. The van der Waals surface area contributed by atoms with Crippen LogP contribution in [0.1, 0.15) is 24.8 Å². The van der Waals surface area contributed by atoms with Crippen LogP contribution in [0.15, 0.2) is 18.2 Å². The Bertz CT molecular complexity index is 860. The number of piperazine rings is 1. The van der Waals surface area contributed by atoms with Crippen molar-refractivity contribution in [1.29, 1.82) is 5.26 Å². The van der Waals surface area contributed by atoms with Gasteiger partial charge in [0.15, 0.2) is 0 Å². The molecular formula is C16H19F3N4O4S. The lowest BCUT2D eigenvalue weighted by Gasteiger charge is -2.35. The largest absolute Gasteiger partial charge is 0.416 e. The molecule has 1 aliphatic heterocycles. The van der Waals surface area contributed by atoms with Crippen molar-refractivity contribution in [3.63, 3.8) is 0 Å². The first-order valence-corrected chi connectivity index (χ1v) is 10.1. The molecule has 8 nitrogen and oxygen atoms in total. The molecule has 0 aromatic heterocycles. The Morgan fingerprint density at radius 1 is 1.18 bits per heavy atom. The minimum atomic E-state index is -4.69. The van der Waals surface area contributed by atoms with Crippen molar-refractivity contribution in [3.8, 4) is 6.07 Å². The zero-order valence-corrected chi connectivity index (χ0v) is 15.7. The summed E-state index contributed by atoms with van der Waals surface area (Å²) in [6.07, 6.45) is -3.57. The standard InChI is InChI=1S/C16H19F3N4O4S/c17-16(18,19)13-4-5-14(15(12-13)23(24)25)21-7-9-22(10-8-21)28(26,27)11-3-1-2-6-20/h4-5,12H,1-3,7-11H2. The van der Waals surface area contributed by atoms with Crippen LogP contribution in [-0.2, 0) is 16.2 Å². The highest BCUT2D eigenvalue weighted by Gasteiger charge is 2.35. The Morgan fingerprint density at radius 3 is 2.36 bits per heavy atom. The number of nitro groups is 1. The second kappa shape index (κ2) is 8.74. The minimum absolute atomic E-state index is 0.0315. The molecule has 0 bridgehead atoms. The molecule has 0 unspecified atom stereocenters. The highest BCUT2D eigenvalue weighted by Crippen LogP contribution is 2.36. The summed E-state index contributed by atoms with van der Waals surface area (Å²) in [5, 5.41) is 19.7. The lowest BCUT2D eigenvalue weighted by atomic mass is 10.1. The van der Waals surface area contributed by atoms with Gasteiger partial charge in [-0.05, 0) is 25.0 Å². The zero-order valence-electron chi connectivity index (χ0n) is 14.9. The first-order chi connectivity index (χ1) is 13.1. The number of unbranched alkanes of at least 4 members (excludes halogenated alkanes) is 2. The van der Waals surface area contributed by atoms with Crippen LogP contribution in [0, 0.1) is 21.4 Å². The first-order valence-electron chi connectivity index (χ1n) is 8.51. The van der Waals surface area contributed by atoms with Gasteiger partial charge in [-0.2, -0.15) is 22.7 Å². The Morgan fingerprint density at radius 2 is 1.82 bits per heavy atom. The maximum Gasteiger partial charge on any atom is 0.416 e. The second-order valence-corrected chi connectivity index (χ2v) is 8.36. The molecule has 1 saturated heterocycles. The van der Waals surface area contributed by atoms with Crippen LogP contribution in [0.5, 0.6) is 0 Å². The molecule has 0 saturated carbocycles. The number of alkyl halides is 3. The monoisotopic (exact) mass is 420 g/mol. The van der Waals surface area contributed by atoms with Gasteiger partial charge in [0, 0.05) is 38.7 Å². The number of hydrogen-bond donors (Lipinski definition) is 0. The van der Waals surface area contributed by atoms with Crippen LogP contribution in [0.3, 0.4) is 0 Å². The van der Waals surface area contributed by atoms with E-state index in [9.17, 15) is 31.7 Å². The van der Waals surface area contributed by atoms with Crippen molar-refractivity contribution in [3.05, 3.63) is 33.9 Å². The number of nitro benzene ring substituents is 1. The van der Waals surface area contributed by atoms with Crippen molar-refractivity contribution in [2.24, 2.45) is 0 Å². The van der Waals surface area contributed by atoms with E-state index in [2.05, 4.69) is 0 Å². The summed E-state index contributed by atoms with van der Waals surface area (Å²) < 4.78 is 64.3. The maximum absolute atomic E-state index is 12.8. The topological polar surface area (TPSA) is 108 Å². The van der Waals surface area contributed by atoms with Gasteiger partial charge in [-0.3, -0.25) is 10.1 Å². The van der Waals surface area contributed by atoms with Crippen LogP contribution in [0.4, 0.5) is 24.5 Å². The molecule has 0 spiro atoms. The average molecular weight is 420 g/mol. The molecule has 1 fully saturated rings. The normalized spacial score (nSPS) is 16.0. The van der Waals surface area contributed by atoms with Gasteiger partial charge in [-0.25, -0.2) is 8.42 Å². The zero-order chi connectivity index (χ0) is 20.9. The molecule has 0 aliphatic carbocycles. The van der Waals surface area contributed by atoms with Gasteiger partial charge in [0.25, 0.3) is 5.69 Å². The smallest absolute Gasteiger partial charge is 0.363 e. The van der Waals surface area contributed by atoms with Crippen molar-refractivity contribution in [2.45, 2.75) is 25.4 Å². The van der Waals surface area contributed by atoms with Gasteiger partial charge in [0.1, 0.15) is 5.69 Å². The van der Waals surface area contributed by atoms with E-state index in [1.165, 1.54) is 9.21 Å². The SMILES string of the molecule is N#CCCCCS(=O)(=O)N1CCN(c2ccc(C(F)(F)F)cc2[N+](=O)[O-])CC1. The Balaban J connectivity index is 2.09. The van der Waals surface area contributed by atoms with Gasteiger partial charge >= 0.3 is 6.18 Å². The molecule has 0 atom stereocenters. The maximum atomic E-state index is 12.8. The van der Waals surface area contributed by atoms with Crippen LogP contribution >= 0.6 is 0 Å². The second-order valence-electron chi connectivity index (χ2n) is 6.28. The minimum Gasteiger partial charge on any atom is -0.363 e. The van der Waals surface area contributed by atoms with E-state index >= 15 is 0 Å². The fourth-order valence-corrected chi connectivity index (χ4v) is 4.48. The molecule has 154 valence electrons. The first kappa shape index (κ1) is 21.9. The summed E-state index contributed by atoms with van der Waals surface area (Å²) in [6.45, 7) is 0.421. The quantitative estimate of drug-likeness (QED) is 0.381. The molecule has 1 heterocycles. The van der Waals surface area contributed by atoms with Crippen molar-refractivity contribution >= 4 is 21.4 Å². The summed E-state index contributed by atoms with van der Waals surface area (Å²) in [5.41, 5.74) is -1.74. The predicted molar refractivity (Wildman–Crippen MR) is 95.1 cm³/mol. The molecule has 1 aromatic rings. The molecule has 12 heteroatoms. The predicted octanol–water partition coefficient (Wildman–Crippen LogP) is 2.76. The summed E-state index contributed by atoms with van der Waals surface area (Å²) in [7, 11) is -3.51. The molecule has 28 heavy (non-hydrogen) atoms. The number of sulfonamides is 1. The van der Waals surface area contributed by atoms with E-state index in [0.29, 0.717) is 18.9 Å². The molecule has 0 amide bonds. The molecule has 0 N–H and O–H groups in total. The van der Waals surface area contributed by atoms with E-state index in [0.717, 1.165) is 12.1 Å². The fourth-order valence-electron chi connectivity index (χ4n) is 2.94. The molecular weight excluding hydrogens is 401 g/mol. The number of benzene rings is 1. The van der Waals surface area contributed by atoms with Gasteiger partial charge < -0.3 is 4.90 Å². The number of halogens is 3. The molecule has 1 aliphatic rings. The van der Waals surface area contributed by atoms with Gasteiger partial charge in [0.05, 0.1) is 22.3 Å². The number of hydrogen-bond acceptors (Lipinski definition) is 6. The molecule has 2 rings (SSSR count). The Hall–Kier alpha value is -2.39. The summed E-state index contributed by atoms with van der Waals surface area (Å²) in [6, 6.07) is 4.27. The van der Waals surface area contributed by atoms with E-state index in [1.54, 1.807) is 0 Å². The van der Waals surface area contributed by atoms with Crippen LogP contribution in [0.2, 0.25) is 0 Å². The third kappa shape index (κ3) is 5.32. The molecule has 1 aromatic carbocycles. The Labute approximate surface area is 160 Å². The third-order valence-corrected chi connectivity index (χ3v) is 6.37. The van der Waals surface area contributed by atoms with Gasteiger partial charge in [0.2, 0.25) is 10.0 Å². The van der Waals surface area contributed by atoms with Crippen molar-refractivity contribution < 1.29 is 26.5 Å². The van der Waals surface area contributed by atoms with E-state index in [-0.39, 0.29) is 44.0 Å². The highest BCUT2D eigenvalue weighted by molar-refractivity contribution is 7.89. The summed E-state index contributed by atoms with van der Waals surface area (Å²) in [4.78, 5) is 11.9. The van der Waals surface area contributed by atoms with Gasteiger partial charge in [-0.15, -0.1) is 0 Å². The number of anilines is 1. The number of rotatable bonds is 7. The van der Waals surface area contributed by atoms with Crippen LogP contribution < -0.4 is 4.90 Å². The van der Waals surface area contributed by atoms with E-state index in [1.807, 2.05) is 6.07 Å². The fraction of sp³-hybridized carbons (Fsp3) is 0.562. The Kier molecular flexibility index (Phi) is 6.84. The lowest BCUT2D eigenvalue weighted by molar-refractivity contribution is -0.384. The number of nitriles is 1. The average Bonchev–Trinajstić information content (AvgIpc) is 2.64. The lowest BCUT2D eigenvalue weighted by Crippen LogP contribution is -2.49. The third-order valence-electron chi connectivity index (χ3n) is 4.41. The summed E-state index contributed by atoms with van der Waals surface area (Å²) in [5.74, 6) is -0.0882. The van der Waals surface area contributed by atoms with E-state index < -0.39 is 32.4 Å². The van der Waals surface area contributed by atoms with Crippen molar-refractivity contribution in [2.75, 3.05) is 36.8 Å². The van der Waals surface area contributed by atoms with Gasteiger partial charge in [-0.1, -0.05) is 0 Å². The number of nitrogens with zero attached hydrogens (tertiary/aromatic N) is 4. The summed E-state index contributed by atoms with van der Waals surface area (Å²) >= 11 is 0. The van der Waals surface area contributed by atoms with Crippen molar-refractivity contribution in [1.82, 2.24) is 4.31 Å². The highest BCUT2D eigenvalue weighted by atomic mass is 32.2. The van der Waals surface area contributed by atoms with Crippen LogP contribution in [-0.4, -0.2) is 49.6 Å². The van der Waals surface area contributed by atoms with Crippen LogP contribution in [0.25, 0.3) is 0 Å².